The van der Waals surface area contributed by atoms with Crippen molar-refractivity contribution in [2.45, 2.75) is 6.61 Å². The Labute approximate surface area is 157 Å². The second-order valence-corrected chi connectivity index (χ2v) is 7.23. The molecule has 0 radical (unpaired) electrons. The van der Waals surface area contributed by atoms with Gasteiger partial charge in [0.25, 0.3) is 0 Å². The maximum atomic E-state index is 12.1. The van der Waals surface area contributed by atoms with Crippen molar-refractivity contribution >= 4 is 52.1 Å². The standard InChI is InChI=1S/C17H10Cl3NO2S/c18-12-3-1-10(2-4-12)14-6-5-13(24-14)9-23-17(22)11-7-15(19)21-16(20)8-11/h1-8H,9H2. The van der Waals surface area contributed by atoms with Crippen LogP contribution in [0.5, 0.6) is 0 Å². The maximum absolute atomic E-state index is 12.1. The number of rotatable bonds is 4. The van der Waals surface area contributed by atoms with Crippen molar-refractivity contribution < 1.29 is 9.53 Å². The Bertz CT molecular complexity index is 858. The van der Waals surface area contributed by atoms with Crippen molar-refractivity contribution in [3.8, 4) is 10.4 Å². The lowest BCUT2D eigenvalue weighted by Crippen LogP contribution is -2.05. The van der Waals surface area contributed by atoms with Crippen LogP contribution < -0.4 is 0 Å². The van der Waals surface area contributed by atoms with Gasteiger partial charge in [0.15, 0.2) is 0 Å². The van der Waals surface area contributed by atoms with Crippen LogP contribution in [0, 0.1) is 0 Å². The molecule has 0 spiro atoms. The molecule has 0 aliphatic rings. The van der Waals surface area contributed by atoms with Crippen molar-refractivity contribution in [2.24, 2.45) is 0 Å². The van der Waals surface area contributed by atoms with Crippen molar-refractivity contribution in [3.63, 3.8) is 0 Å². The molecule has 2 aromatic heterocycles. The average molecular weight is 399 g/mol. The predicted molar refractivity (Wildman–Crippen MR) is 98.1 cm³/mol. The monoisotopic (exact) mass is 397 g/mol. The summed E-state index contributed by atoms with van der Waals surface area (Å²) in [4.78, 5) is 17.9. The van der Waals surface area contributed by atoms with Crippen LogP contribution in [0.25, 0.3) is 10.4 Å². The minimum absolute atomic E-state index is 0.149. The predicted octanol–water partition coefficient (Wildman–Crippen LogP) is 6.13. The highest BCUT2D eigenvalue weighted by atomic mass is 35.5. The number of hydrogen-bond donors (Lipinski definition) is 0. The lowest BCUT2D eigenvalue weighted by molar-refractivity contribution is 0.0476. The summed E-state index contributed by atoms with van der Waals surface area (Å²) in [5.74, 6) is -0.498. The Morgan fingerprint density at radius 1 is 1.00 bits per heavy atom. The molecule has 0 atom stereocenters. The SMILES string of the molecule is O=C(OCc1ccc(-c2ccc(Cl)cc2)s1)c1cc(Cl)nc(Cl)c1. The van der Waals surface area contributed by atoms with Gasteiger partial charge in [0, 0.05) is 14.8 Å². The van der Waals surface area contributed by atoms with Gasteiger partial charge in [0.1, 0.15) is 16.9 Å². The lowest BCUT2D eigenvalue weighted by Gasteiger charge is -2.04. The second kappa shape index (κ2) is 7.53. The summed E-state index contributed by atoms with van der Waals surface area (Å²) >= 11 is 19.0. The number of ether oxygens (including phenoxy) is 1. The number of nitrogens with zero attached hydrogens (tertiary/aromatic N) is 1. The zero-order valence-corrected chi connectivity index (χ0v) is 15.2. The van der Waals surface area contributed by atoms with Crippen LogP contribution >= 0.6 is 46.1 Å². The minimum atomic E-state index is -0.498. The third-order valence-corrected chi connectivity index (χ3v) is 4.88. The molecule has 3 rings (SSSR count). The quantitative estimate of drug-likeness (QED) is 0.392. The van der Waals surface area contributed by atoms with Crippen LogP contribution in [0.15, 0.2) is 48.5 Å². The van der Waals surface area contributed by atoms with Gasteiger partial charge in [-0.15, -0.1) is 11.3 Å². The van der Waals surface area contributed by atoms with Crippen molar-refractivity contribution in [2.75, 3.05) is 0 Å². The number of esters is 1. The molecule has 24 heavy (non-hydrogen) atoms. The van der Waals surface area contributed by atoms with E-state index >= 15 is 0 Å². The molecule has 2 heterocycles. The summed E-state index contributed by atoms with van der Waals surface area (Å²) in [6, 6.07) is 14.3. The molecule has 0 saturated carbocycles. The molecule has 0 aliphatic heterocycles. The lowest BCUT2D eigenvalue weighted by atomic mass is 10.2. The van der Waals surface area contributed by atoms with Gasteiger partial charge in [0.05, 0.1) is 5.56 Å². The van der Waals surface area contributed by atoms with Gasteiger partial charge < -0.3 is 4.74 Å². The van der Waals surface area contributed by atoms with E-state index in [0.29, 0.717) is 5.02 Å². The summed E-state index contributed by atoms with van der Waals surface area (Å²) in [6.07, 6.45) is 0. The van der Waals surface area contributed by atoms with E-state index in [4.69, 9.17) is 39.5 Å². The van der Waals surface area contributed by atoms with Crippen LogP contribution in [0.1, 0.15) is 15.2 Å². The first kappa shape index (κ1) is 17.2. The minimum Gasteiger partial charge on any atom is -0.456 e. The zero-order chi connectivity index (χ0) is 17.1. The van der Waals surface area contributed by atoms with Crippen LogP contribution in [-0.2, 0) is 11.3 Å². The second-order valence-electron chi connectivity index (χ2n) is 4.85. The average Bonchev–Trinajstić information content (AvgIpc) is 3.01. The Kier molecular flexibility index (Phi) is 5.41. The molecule has 7 heteroatoms. The third-order valence-electron chi connectivity index (χ3n) is 3.13. The summed E-state index contributed by atoms with van der Waals surface area (Å²) in [7, 11) is 0. The molecular weight excluding hydrogens is 389 g/mol. The fourth-order valence-corrected chi connectivity index (χ4v) is 3.54. The Morgan fingerprint density at radius 2 is 1.67 bits per heavy atom. The molecule has 0 N–H and O–H groups in total. The smallest absolute Gasteiger partial charge is 0.338 e. The highest BCUT2D eigenvalue weighted by Gasteiger charge is 2.11. The van der Waals surface area contributed by atoms with E-state index < -0.39 is 5.97 Å². The zero-order valence-electron chi connectivity index (χ0n) is 12.1. The van der Waals surface area contributed by atoms with Crippen LogP contribution in [-0.4, -0.2) is 11.0 Å². The summed E-state index contributed by atoms with van der Waals surface area (Å²) in [5.41, 5.74) is 1.34. The summed E-state index contributed by atoms with van der Waals surface area (Å²) in [5, 5.41) is 0.991. The highest BCUT2D eigenvalue weighted by molar-refractivity contribution is 7.15. The van der Waals surface area contributed by atoms with Crippen molar-refractivity contribution in [1.82, 2.24) is 4.98 Å². The van der Waals surface area contributed by atoms with E-state index in [1.807, 2.05) is 36.4 Å². The fraction of sp³-hybridized carbons (Fsp3) is 0.0588. The van der Waals surface area contributed by atoms with Crippen LogP contribution in [0.4, 0.5) is 0 Å². The number of halogens is 3. The highest BCUT2D eigenvalue weighted by Crippen LogP contribution is 2.29. The Hall–Kier alpha value is -1.59. The van der Waals surface area contributed by atoms with Crippen LogP contribution in [0.2, 0.25) is 15.3 Å². The largest absolute Gasteiger partial charge is 0.456 e. The third kappa shape index (κ3) is 4.28. The maximum Gasteiger partial charge on any atom is 0.338 e. The number of carbonyl (C=O) groups excluding carboxylic acids is 1. The molecule has 3 nitrogen and oxygen atoms in total. The first-order chi connectivity index (χ1) is 11.5. The van der Waals surface area contributed by atoms with E-state index in [1.165, 1.54) is 12.1 Å². The molecule has 0 unspecified atom stereocenters. The summed E-state index contributed by atoms with van der Waals surface area (Å²) in [6.45, 7) is 0.175. The van der Waals surface area contributed by atoms with E-state index in [9.17, 15) is 4.79 Å². The fourth-order valence-electron chi connectivity index (χ4n) is 2.03. The first-order valence-corrected chi connectivity index (χ1v) is 8.81. The topological polar surface area (TPSA) is 39.2 Å². The number of thiophene rings is 1. The number of aromatic nitrogens is 1. The number of benzene rings is 1. The summed E-state index contributed by atoms with van der Waals surface area (Å²) < 4.78 is 5.30. The Morgan fingerprint density at radius 3 is 2.33 bits per heavy atom. The molecule has 3 aromatic rings. The van der Waals surface area contributed by atoms with Gasteiger partial charge in [-0.3, -0.25) is 0 Å². The van der Waals surface area contributed by atoms with Gasteiger partial charge in [-0.05, 0) is 42.0 Å². The molecule has 0 fully saturated rings. The number of pyridine rings is 1. The molecule has 1 aromatic carbocycles. The number of carbonyl (C=O) groups is 1. The van der Waals surface area contributed by atoms with Gasteiger partial charge in [-0.2, -0.15) is 0 Å². The van der Waals surface area contributed by atoms with E-state index in [-0.39, 0.29) is 22.5 Å². The van der Waals surface area contributed by atoms with Gasteiger partial charge in [-0.25, -0.2) is 9.78 Å². The molecule has 0 saturated heterocycles. The molecule has 122 valence electrons. The first-order valence-electron chi connectivity index (χ1n) is 6.86. The number of hydrogen-bond acceptors (Lipinski definition) is 4. The van der Waals surface area contributed by atoms with Crippen LogP contribution in [0.3, 0.4) is 0 Å². The van der Waals surface area contributed by atoms with Gasteiger partial charge in [0.2, 0.25) is 0 Å². The Balaban J connectivity index is 1.67. The molecule has 0 aliphatic carbocycles. The van der Waals surface area contributed by atoms with E-state index in [2.05, 4.69) is 4.98 Å². The van der Waals surface area contributed by atoms with Gasteiger partial charge in [-0.1, -0.05) is 46.9 Å². The van der Waals surface area contributed by atoms with E-state index in [0.717, 1.165) is 15.3 Å². The molecule has 0 bridgehead atoms. The van der Waals surface area contributed by atoms with Gasteiger partial charge >= 0.3 is 5.97 Å². The molecule has 0 amide bonds. The van der Waals surface area contributed by atoms with Crippen molar-refractivity contribution in [3.05, 3.63) is 74.3 Å². The van der Waals surface area contributed by atoms with E-state index in [1.54, 1.807) is 11.3 Å². The normalized spacial score (nSPS) is 10.6. The van der Waals surface area contributed by atoms with Crippen molar-refractivity contribution in [1.29, 1.82) is 0 Å². The molecular formula is C17H10Cl3NO2S.